The first-order valence-corrected chi connectivity index (χ1v) is 8.02. The van der Waals surface area contributed by atoms with Crippen molar-refractivity contribution in [1.82, 2.24) is 10.2 Å². The molecule has 1 saturated heterocycles. The van der Waals surface area contributed by atoms with Gasteiger partial charge in [-0.25, -0.2) is 4.79 Å². The highest BCUT2D eigenvalue weighted by atomic mass is 16.5. The number of nitrogens with two attached hydrogens (primary N) is 1. The Bertz CT molecular complexity index is 548. The van der Waals surface area contributed by atoms with Gasteiger partial charge in [-0.1, -0.05) is 12.1 Å². The number of piperidine rings is 1. The average Bonchev–Trinajstić information content (AvgIpc) is 2.58. The Morgan fingerprint density at radius 1 is 1.43 bits per heavy atom. The summed E-state index contributed by atoms with van der Waals surface area (Å²) in [5.74, 6) is 1.31. The van der Waals surface area contributed by atoms with Crippen molar-refractivity contribution in [3.05, 3.63) is 29.8 Å². The van der Waals surface area contributed by atoms with Crippen molar-refractivity contribution < 1.29 is 14.3 Å². The minimum Gasteiger partial charge on any atom is -0.497 e. The van der Waals surface area contributed by atoms with E-state index in [0.717, 1.165) is 44.5 Å². The van der Waals surface area contributed by atoms with Gasteiger partial charge < -0.3 is 20.7 Å². The fourth-order valence-electron chi connectivity index (χ4n) is 3.00. The van der Waals surface area contributed by atoms with E-state index in [4.69, 9.17) is 10.5 Å². The predicted octanol–water partition coefficient (Wildman–Crippen LogP) is 1.53. The first kappa shape index (κ1) is 17.1. The number of methoxy groups -OCH3 is 1. The van der Waals surface area contributed by atoms with E-state index >= 15 is 0 Å². The molecule has 1 atom stereocenters. The topological polar surface area (TPSA) is 84.7 Å². The van der Waals surface area contributed by atoms with E-state index in [1.54, 1.807) is 7.11 Å². The normalized spacial score (nSPS) is 17.6. The minimum absolute atomic E-state index is 0.0159. The summed E-state index contributed by atoms with van der Waals surface area (Å²) in [6.45, 7) is 1.50. The van der Waals surface area contributed by atoms with Gasteiger partial charge in [0.2, 0.25) is 5.91 Å². The van der Waals surface area contributed by atoms with Crippen LogP contribution in [0.1, 0.15) is 24.8 Å². The number of benzene rings is 1. The van der Waals surface area contributed by atoms with E-state index < -0.39 is 6.03 Å². The molecule has 0 spiro atoms. The van der Waals surface area contributed by atoms with Gasteiger partial charge in [-0.3, -0.25) is 4.79 Å². The Morgan fingerprint density at radius 2 is 2.26 bits per heavy atom. The van der Waals surface area contributed by atoms with Crippen molar-refractivity contribution in [2.75, 3.05) is 26.7 Å². The SMILES string of the molecule is COc1cccc(CCC2CCCN(C(=O)CNC(N)=O)C2)c1. The number of likely N-dealkylation sites (tertiary alicyclic amines) is 1. The highest BCUT2D eigenvalue weighted by Gasteiger charge is 2.23. The van der Waals surface area contributed by atoms with Crippen LogP contribution >= 0.6 is 0 Å². The molecule has 1 aromatic carbocycles. The van der Waals surface area contributed by atoms with Crippen LogP contribution in [0.2, 0.25) is 0 Å². The van der Waals surface area contributed by atoms with Gasteiger partial charge in [-0.15, -0.1) is 0 Å². The third-order valence-electron chi connectivity index (χ3n) is 4.26. The van der Waals surface area contributed by atoms with Crippen LogP contribution < -0.4 is 15.8 Å². The first-order chi connectivity index (χ1) is 11.1. The molecule has 0 bridgehead atoms. The molecule has 6 nitrogen and oxygen atoms in total. The van der Waals surface area contributed by atoms with Gasteiger partial charge in [0.1, 0.15) is 5.75 Å². The second kappa shape index (κ2) is 8.41. The van der Waals surface area contributed by atoms with Crippen molar-refractivity contribution in [1.29, 1.82) is 0 Å². The van der Waals surface area contributed by atoms with E-state index in [0.29, 0.717) is 5.92 Å². The Balaban J connectivity index is 1.81. The summed E-state index contributed by atoms with van der Waals surface area (Å²) in [5, 5.41) is 2.36. The summed E-state index contributed by atoms with van der Waals surface area (Å²) in [6.07, 6.45) is 4.16. The van der Waals surface area contributed by atoms with Crippen LogP contribution in [0.25, 0.3) is 0 Å². The molecule has 1 aliphatic rings. The van der Waals surface area contributed by atoms with Gasteiger partial charge in [0.15, 0.2) is 0 Å². The van der Waals surface area contributed by atoms with Crippen LogP contribution in [0, 0.1) is 5.92 Å². The second-order valence-corrected chi connectivity index (χ2v) is 5.96. The van der Waals surface area contributed by atoms with E-state index in [9.17, 15) is 9.59 Å². The standard InChI is InChI=1S/C17H25N3O3/c1-23-15-6-2-4-13(10-15)7-8-14-5-3-9-20(12-14)16(21)11-19-17(18)22/h2,4,6,10,14H,3,5,7-9,11-12H2,1H3,(H3,18,19,22). The number of nitrogens with zero attached hydrogens (tertiary/aromatic N) is 1. The highest BCUT2D eigenvalue weighted by Crippen LogP contribution is 2.22. The zero-order chi connectivity index (χ0) is 16.7. The number of aryl methyl sites for hydroxylation is 1. The van der Waals surface area contributed by atoms with E-state index in [1.165, 1.54) is 5.56 Å². The largest absolute Gasteiger partial charge is 0.497 e. The van der Waals surface area contributed by atoms with Crippen LogP contribution in [0.4, 0.5) is 4.79 Å². The lowest BCUT2D eigenvalue weighted by Crippen LogP contribution is -2.46. The van der Waals surface area contributed by atoms with Gasteiger partial charge in [0.25, 0.3) is 0 Å². The summed E-state index contributed by atoms with van der Waals surface area (Å²) in [7, 11) is 1.67. The van der Waals surface area contributed by atoms with Crippen LogP contribution in [-0.2, 0) is 11.2 Å². The van der Waals surface area contributed by atoms with Crippen molar-refractivity contribution >= 4 is 11.9 Å². The molecule has 0 aromatic heterocycles. The quantitative estimate of drug-likeness (QED) is 0.834. The Labute approximate surface area is 137 Å². The number of rotatable bonds is 6. The minimum atomic E-state index is -0.662. The maximum absolute atomic E-state index is 12.0. The van der Waals surface area contributed by atoms with Crippen LogP contribution in [0.15, 0.2) is 24.3 Å². The number of ether oxygens (including phenoxy) is 1. The molecule has 1 fully saturated rings. The van der Waals surface area contributed by atoms with E-state index in [1.807, 2.05) is 17.0 Å². The molecular weight excluding hydrogens is 294 g/mol. The molecule has 0 aliphatic carbocycles. The molecule has 3 N–H and O–H groups in total. The van der Waals surface area contributed by atoms with Crippen LogP contribution in [-0.4, -0.2) is 43.6 Å². The summed E-state index contributed by atoms with van der Waals surface area (Å²) >= 11 is 0. The maximum atomic E-state index is 12.0. The molecule has 1 heterocycles. The zero-order valence-electron chi connectivity index (χ0n) is 13.6. The smallest absolute Gasteiger partial charge is 0.312 e. The predicted molar refractivity (Wildman–Crippen MR) is 88.2 cm³/mol. The molecule has 2 rings (SSSR count). The molecule has 1 aromatic rings. The molecular formula is C17H25N3O3. The lowest BCUT2D eigenvalue weighted by Gasteiger charge is -2.33. The van der Waals surface area contributed by atoms with Crippen molar-refractivity contribution in [2.24, 2.45) is 11.7 Å². The van der Waals surface area contributed by atoms with Crippen LogP contribution in [0.3, 0.4) is 0 Å². The number of nitrogens with one attached hydrogen (secondary N) is 1. The molecule has 0 radical (unpaired) electrons. The number of carbonyl (C=O) groups excluding carboxylic acids is 2. The van der Waals surface area contributed by atoms with Crippen LogP contribution in [0.5, 0.6) is 5.75 Å². The number of hydrogen-bond acceptors (Lipinski definition) is 3. The number of amides is 3. The number of urea groups is 1. The molecule has 0 saturated carbocycles. The van der Waals surface area contributed by atoms with Gasteiger partial charge >= 0.3 is 6.03 Å². The van der Waals surface area contributed by atoms with E-state index in [-0.39, 0.29) is 12.5 Å². The van der Waals surface area contributed by atoms with Crippen molar-refractivity contribution in [3.8, 4) is 5.75 Å². The summed E-state index contributed by atoms with van der Waals surface area (Å²) in [5.41, 5.74) is 6.26. The lowest BCUT2D eigenvalue weighted by molar-refractivity contribution is -0.131. The Kier molecular flexibility index (Phi) is 6.26. The molecule has 126 valence electrons. The van der Waals surface area contributed by atoms with Crippen molar-refractivity contribution in [3.63, 3.8) is 0 Å². The van der Waals surface area contributed by atoms with Gasteiger partial charge in [-0.2, -0.15) is 0 Å². The molecule has 1 aliphatic heterocycles. The van der Waals surface area contributed by atoms with Gasteiger partial charge in [0.05, 0.1) is 13.7 Å². The zero-order valence-corrected chi connectivity index (χ0v) is 13.6. The fraction of sp³-hybridized carbons (Fsp3) is 0.529. The summed E-state index contributed by atoms with van der Waals surface area (Å²) < 4.78 is 5.24. The number of primary amides is 1. The molecule has 1 unspecified atom stereocenters. The second-order valence-electron chi connectivity index (χ2n) is 5.96. The third-order valence-corrected chi connectivity index (χ3v) is 4.26. The molecule has 3 amide bonds. The lowest BCUT2D eigenvalue weighted by atomic mass is 9.91. The van der Waals surface area contributed by atoms with Crippen molar-refractivity contribution in [2.45, 2.75) is 25.7 Å². The molecule has 6 heteroatoms. The summed E-state index contributed by atoms with van der Waals surface area (Å²) in [4.78, 5) is 24.6. The average molecular weight is 319 g/mol. The monoisotopic (exact) mass is 319 g/mol. The molecule has 23 heavy (non-hydrogen) atoms. The van der Waals surface area contributed by atoms with E-state index in [2.05, 4.69) is 17.4 Å². The number of hydrogen-bond donors (Lipinski definition) is 2. The Hall–Kier alpha value is -2.24. The third kappa shape index (κ3) is 5.47. The van der Waals surface area contributed by atoms with Gasteiger partial charge in [0, 0.05) is 13.1 Å². The first-order valence-electron chi connectivity index (χ1n) is 8.02. The fourth-order valence-corrected chi connectivity index (χ4v) is 3.00. The highest BCUT2D eigenvalue weighted by molar-refractivity contribution is 5.83. The maximum Gasteiger partial charge on any atom is 0.312 e. The Morgan fingerprint density at radius 3 is 3.00 bits per heavy atom. The number of carbonyl (C=O) groups is 2. The van der Waals surface area contributed by atoms with Gasteiger partial charge in [-0.05, 0) is 49.3 Å². The summed E-state index contributed by atoms with van der Waals surface area (Å²) in [6, 6.07) is 7.44.